The fourth-order valence-electron chi connectivity index (χ4n) is 4.17. The highest BCUT2D eigenvalue weighted by molar-refractivity contribution is 7.90. The number of halogens is 2. The van der Waals surface area contributed by atoms with E-state index in [0.29, 0.717) is 11.3 Å². The van der Waals surface area contributed by atoms with Gasteiger partial charge in [-0.25, -0.2) is 13.2 Å². The van der Waals surface area contributed by atoms with Crippen LogP contribution in [0.25, 0.3) is 11.1 Å². The smallest absolute Gasteiger partial charge is 0.411 e. The summed E-state index contributed by atoms with van der Waals surface area (Å²) in [6.45, 7) is -1.19. The Bertz CT molecular complexity index is 1510. The van der Waals surface area contributed by atoms with E-state index in [1.165, 1.54) is 31.3 Å². The molecule has 9 nitrogen and oxygen atoms in total. The molecule has 3 rings (SSSR count). The minimum absolute atomic E-state index is 0.00953. The van der Waals surface area contributed by atoms with E-state index in [2.05, 4.69) is 10.1 Å². The van der Waals surface area contributed by atoms with E-state index in [4.69, 9.17) is 4.74 Å². The molecule has 0 aliphatic heterocycles. The molecule has 1 N–H and O–H groups in total. The maximum atomic E-state index is 13.2. The first-order valence-electron chi connectivity index (χ1n) is 12.5. The highest BCUT2D eigenvalue weighted by Gasteiger charge is 2.29. The van der Waals surface area contributed by atoms with Crippen LogP contribution in [0.3, 0.4) is 0 Å². The average Bonchev–Trinajstić information content (AvgIpc) is 2.93. The Labute approximate surface area is 237 Å². The largest absolute Gasteiger partial charge is 0.450 e. The number of carbonyl (C=O) groups is 2. The SMILES string of the molecule is CCOC(=O)Nc1ccc(-c2cccc(CC(CS(=O)(=O)Cc3ccccc3OC(F)F)C(=O)N(C)C#N)c2)cc1. The molecule has 0 saturated heterocycles. The summed E-state index contributed by atoms with van der Waals surface area (Å²) in [6, 6.07) is 19.7. The van der Waals surface area contributed by atoms with Crippen LogP contribution in [0.2, 0.25) is 0 Å². The number of carbonyl (C=O) groups excluding carboxylic acids is 2. The van der Waals surface area contributed by atoms with Crippen molar-refractivity contribution in [2.24, 2.45) is 5.92 Å². The van der Waals surface area contributed by atoms with Gasteiger partial charge in [0.05, 0.1) is 24.0 Å². The van der Waals surface area contributed by atoms with Crippen molar-refractivity contribution in [1.29, 1.82) is 5.26 Å². The number of nitrogens with one attached hydrogen (secondary N) is 1. The summed E-state index contributed by atoms with van der Waals surface area (Å²) in [5.74, 6) is -3.30. The monoisotopic (exact) mass is 585 g/mol. The normalized spacial score (nSPS) is 11.8. The van der Waals surface area contributed by atoms with Gasteiger partial charge in [-0.15, -0.1) is 0 Å². The van der Waals surface area contributed by atoms with Gasteiger partial charge in [0.15, 0.2) is 16.0 Å². The number of ether oxygens (including phenoxy) is 2. The maximum Gasteiger partial charge on any atom is 0.411 e. The number of hydrogen-bond donors (Lipinski definition) is 1. The zero-order valence-electron chi connectivity index (χ0n) is 22.4. The summed E-state index contributed by atoms with van der Waals surface area (Å²) in [6.07, 6.45) is 1.15. The highest BCUT2D eigenvalue weighted by Crippen LogP contribution is 2.26. The van der Waals surface area contributed by atoms with Gasteiger partial charge in [-0.2, -0.15) is 14.0 Å². The van der Waals surface area contributed by atoms with Crippen LogP contribution >= 0.6 is 0 Å². The number of para-hydroxylation sites is 1. The summed E-state index contributed by atoms with van der Waals surface area (Å²) in [4.78, 5) is 25.4. The maximum absolute atomic E-state index is 13.2. The Morgan fingerprint density at radius 1 is 1.02 bits per heavy atom. The number of benzene rings is 3. The number of nitrogens with zero attached hydrogens (tertiary/aromatic N) is 2. The predicted molar refractivity (Wildman–Crippen MR) is 149 cm³/mol. The lowest BCUT2D eigenvalue weighted by Crippen LogP contribution is -2.35. The molecule has 1 unspecified atom stereocenters. The summed E-state index contributed by atoms with van der Waals surface area (Å²) >= 11 is 0. The molecule has 0 heterocycles. The van der Waals surface area contributed by atoms with Crippen LogP contribution in [0, 0.1) is 17.4 Å². The molecule has 0 radical (unpaired) electrons. The molecule has 0 aliphatic carbocycles. The average molecular weight is 586 g/mol. The summed E-state index contributed by atoms with van der Waals surface area (Å²) < 4.78 is 61.2. The van der Waals surface area contributed by atoms with Crippen LogP contribution in [-0.4, -0.2) is 51.3 Å². The molecule has 0 aromatic heterocycles. The van der Waals surface area contributed by atoms with Crippen LogP contribution in [0.15, 0.2) is 72.8 Å². The molecule has 0 bridgehead atoms. The Balaban J connectivity index is 1.82. The molecule has 2 amide bonds. The van der Waals surface area contributed by atoms with Crippen molar-refractivity contribution in [3.63, 3.8) is 0 Å². The summed E-state index contributed by atoms with van der Waals surface area (Å²) in [7, 11) is -2.76. The Morgan fingerprint density at radius 2 is 1.73 bits per heavy atom. The molecule has 216 valence electrons. The Morgan fingerprint density at radius 3 is 2.39 bits per heavy atom. The summed E-state index contributed by atoms with van der Waals surface area (Å²) in [5, 5.41) is 11.9. The molecular weight excluding hydrogens is 556 g/mol. The lowest BCUT2D eigenvalue weighted by Gasteiger charge is -2.20. The lowest BCUT2D eigenvalue weighted by molar-refractivity contribution is -0.130. The van der Waals surface area contributed by atoms with Crippen molar-refractivity contribution >= 4 is 27.5 Å². The highest BCUT2D eigenvalue weighted by atomic mass is 32.2. The zero-order chi connectivity index (χ0) is 30.0. The minimum Gasteiger partial charge on any atom is -0.450 e. The quantitative estimate of drug-likeness (QED) is 0.228. The minimum atomic E-state index is -4.01. The van der Waals surface area contributed by atoms with Crippen LogP contribution in [-0.2, 0) is 31.5 Å². The molecule has 0 spiro atoms. The summed E-state index contributed by atoms with van der Waals surface area (Å²) in [5.41, 5.74) is 2.82. The predicted octanol–water partition coefficient (Wildman–Crippen LogP) is 5.24. The molecule has 3 aromatic rings. The molecule has 0 fully saturated rings. The van der Waals surface area contributed by atoms with E-state index >= 15 is 0 Å². The number of hydrogen-bond acceptors (Lipinski definition) is 7. The molecule has 12 heteroatoms. The zero-order valence-corrected chi connectivity index (χ0v) is 23.2. The molecule has 0 aliphatic rings. The second-order valence-corrected chi connectivity index (χ2v) is 11.2. The topological polar surface area (TPSA) is 126 Å². The van der Waals surface area contributed by atoms with Crippen LogP contribution < -0.4 is 10.1 Å². The molecule has 41 heavy (non-hydrogen) atoms. The first-order chi connectivity index (χ1) is 19.5. The van der Waals surface area contributed by atoms with E-state index in [0.717, 1.165) is 16.0 Å². The number of amides is 2. The number of anilines is 1. The van der Waals surface area contributed by atoms with Crippen molar-refractivity contribution < 1.29 is 36.3 Å². The molecule has 3 aromatic carbocycles. The van der Waals surface area contributed by atoms with Gasteiger partial charge >= 0.3 is 12.7 Å². The third-order valence-electron chi connectivity index (χ3n) is 6.00. The van der Waals surface area contributed by atoms with E-state index in [1.807, 2.05) is 6.07 Å². The van der Waals surface area contributed by atoms with Crippen molar-refractivity contribution in [1.82, 2.24) is 4.90 Å². The number of alkyl halides is 2. The van der Waals surface area contributed by atoms with Crippen molar-refractivity contribution in [2.75, 3.05) is 24.7 Å². The van der Waals surface area contributed by atoms with E-state index in [-0.39, 0.29) is 24.3 Å². The van der Waals surface area contributed by atoms with Gasteiger partial charge in [-0.05, 0) is 48.2 Å². The molecule has 1 atom stereocenters. The van der Waals surface area contributed by atoms with E-state index in [9.17, 15) is 32.0 Å². The van der Waals surface area contributed by atoms with E-state index < -0.39 is 45.9 Å². The fraction of sp³-hybridized carbons (Fsp3) is 0.276. The Kier molecular flexibility index (Phi) is 10.8. The van der Waals surface area contributed by atoms with Gasteiger partial charge in [-0.1, -0.05) is 54.6 Å². The van der Waals surface area contributed by atoms with Gasteiger partial charge in [0.25, 0.3) is 0 Å². The Hall–Kier alpha value is -4.50. The van der Waals surface area contributed by atoms with Gasteiger partial charge in [0.1, 0.15) is 5.75 Å². The standard InChI is InChI=1S/C29H29F2N3O6S/c1-3-39-29(36)33-25-13-11-21(12-14-25)22-9-6-7-20(15-22)16-24(27(35)34(2)19-32)18-41(37,38)17-23-8-4-5-10-26(23)40-28(30)31/h4-15,24,28H,3,16-18H2,1-2H3,(H,33,36). The van der Waals surface area contributed by atoms with Gasteiger partial charge < -0.3 is 9.47 Å². The molecular formula is C29H29F2N3O6S. The lowest BCUT2D eigenvalue weighted by atomic mass is 9.96. The first kappa shape index (κ1) is 31.0. The number of rotatable bonds is 12. The van der Waals surface area contributed by atoms with Crippen molar-refractivity contribution in [3.8, 4) is 23.1 Å². The van der Waals surface area contributed by atoms with Crippen molar-refractivity contribution in [3.05, 3.63) is 83.9 Å². The van der Waals surface area contributed by atoms with Crippen molar-refractivity contribution in [2.45, 2.75) is 25.7 Å². The third kappa shape index (κ3) is 9.29. The van der Waals surface area contributed by atoms with Crippen LogP contribution in [0.5, 0.6) is 5.75 Å². The second kappa shape index (κ2) is 14.2. The second-order valence-electron chi connectivity index (χ2n) is 9.06. The first-order valence-corrected chi connectivity index (χ1v) is 14.4. The van der Waals surface area contributed by atoms with Gasteiger partial charge in [-0.3, -0.25) is 15.0 Å². The van der Waals surface area contributed by atoms with Gasteiger partial charge in [0, 0.05) is 18.3 Å². The number of sulfone groups is 1. The molecule has 0 saturated carbocycles. The van der Waals surface area contributed by atoms with Crippen LogP contribution in [0.4, 0.5) is 19.3 Å². The number of nitriles is 1. The third-order valence-corrected chi connectivity index (χ3v) is 7.66. The van der Waals surface area contributed by atoms with E-state index in [1.54, 1.807) is 55.6 Å². The van der Waals surface area contributed by atoms with Crippen LogP contribution in [0.1, 0.15) is 18.1 Å². The van der Waals surface area contributed by atoms with Gasteiger partial charge in [0.2, 0.25) is 5.91 Å². The fourth-order valence-corrected chi connectivity index (χ4v) is 5.87.